The Morgan fingerprint density at radius 3 is 2.70 bits per heavy atom. The number of rotatable bonds is 4. The molecule has 1 N–H and O–H groups in total. The minimum atomic E-state index is -0.200. The molecule has 1 fully saturated rings. The first kappa shape index (κ1) is 17.9. The molecular weight excluding hydrogens is 362 g/mol. The largest absolute Gasteiger partial charge is 0.379 e. The van der Waals surface area contributed by atoms with Crippen LogP contribution in [0.25, 0.3) is 22.6 Å². The molecule has 0 spiro atoms. The van der Waals surface area contributed by atoms with E-state index in [0.29, 0.717) is 16.5 Å². The molecule has 138 valence electrons. The SMILES string of the molecule is O=c1cc(-c2ccccc2Cl)nc(-c2cccc(CN3CCOCC3)c2)[nH]1. The molecule has 2 heterocycles. The zero-order valence-electron chi connectivity index (χ0n) is 14.8. The highest BCUT2D eigenvalue weighted by molar-refractivity contribution is 6.33. The zero-order valence-corrected chi connectivity index (χ0v) is 15.6. The summed E-state index contributed by atoms with van der Waals surface area (Å²) in [5.41, 5.74) is 3.18. The second kappa shape index (κ2) is 8.05. The third-order valence-corrected chi connectivity index (χ3v) is 4.93. The zero-order chi connectivity index (χ0) is 18.6. The van der Waals surface area contributed by atoms with Crippen molar-refractivity contribution in [2.75, 3.05) is 26.3 Å². The lowest BCUT2D eigenvalue weighted by molar-refractivity contribution is 0.0342. The van der Waals surface area contributed by atoms with Crippen LogP contribution in [-0.4, -0.2) is 41.2 Å². The molecule has 0 radical (unpaired) electrons. The van der Waals surface area contributed by atoms with Gasteiger partial charge in [0.1, 0.15) is 5.82 Å². The number of nitrogens with zero attached hydrogens (tertiary/aromatic N) is 2. The van der Waals surface area contributed by atoms with Gasteiger partial charge >= 0.3 is 0 Å². The van der Waals surface area contributed by atoms with Crippen molar-refractivity contribution in [2.45, 2.75) is 6.54 Å². The van der Waals surface area contributed by atoms with Gasteiger partial charge in [0.05, 0.1) is 18.9 Å². The highest BCUT2D eigenvalue weighted by Gasteiger charge is 2.12. The molecule has 0 amide bonds. The van der Waals surface area contributed by atoms with E-state index in [-0.39, 0.29) is 5.56 Å². The van der Waals surface area contributed by atoms with Crippen LogP contribution < -0.4 is 5.56 Å². The average molecular weight is 382 g/mol. The quantitative estimate of drug-likeness (QED) is 0.750. The van der Waals surface area contributed by atoms with Crippen LogP contribution in [-0.2, 0) is 11.3 Å². The molecule has 0 aliphatic carbocycles. The number of hydrogen-bond donors (Lipinski definition) is 1. The van der Waals surface area contributed by atoms with Gasteiger partial charge < -0.3 is 9.72 Å². The molecule has 0 saturated carbocycles. The van der Waals surface area contributed by atoms with Crippen molar-refractivity contribution < 1.29 is 4.74 Å². The van der Waals surface area contributed by atoms with Crippen LogP contribution in [0.1, 0.15) is 5.56 Å². The maximum Gasteiger partial charge on any atom is 0.251 e. The standard InChI is InChI=1S/C21H20ClN3O2/c22-18-7-2-1-6-17(18)19-13-20(26)24-21(23-19)16-5-3-4-15(12-16)14-25-8-10-27-11-9-25/h1-7,12-13H,8-11,14H2,(H,23,24,26). The van der Waals surface area contributed by atoms with Gasteiger partial charge in [-0.1, -0.05) is 48.0 Å². The summed E-state index contributed by atoms with van der Waals surface area (Å²) in [6, 6.07) is 17.0. The van der Waals surface area contributed by atoms with Crippen molar-refractivity contribution in [1.29, 1.82) is 0 Å². The number of aromatic amines is 1. The normalized spacial score (nSPS) is 15.0. The van der Waals surface area contributed by atoms with Gasteiger partial charge in [-0.25, -0.2) is 4.98 Å². The van der Waals surface area contributed by atoms with Crippen molar-refractivity contribution in [2.24, 2.45) is 0 Å². The second-order valence-electron chi connectivity index (χ2n) is 6.55. The van der Waals surface area contributed by atoms with Crippen molar-refractivity contribution in [1.82, 2.24) is 14.9 Å². The Morgan fingerprint density at radius 1 is 1.07 bits per heavy atom. The molecular formula is C21H20ClN3O2. The Bertz CT molecular complexity index is 996. The molecule has 2 aromatic carbocycles. The van der Waals surface area contributed by atoms with E-state index in [1.807, 2.05) is 30.3 Å². The van der Waals surface area contributed by atoms with Crippen molar-refractivity contribution >= 4 is 11.6 Å². The van der Waals surface area contributed by atoms with Gasteiger partial charge in [0.15, 0.2) is 0 Å². The first-order valence-electron chi connectivity index (χ1n) is 8.95. The number of halogens is 1. The summed E-state index contributed by atoms with van der Waals surface area (Å²) in [6.45, 7) is 4.26. The number of morpholine rings is 1. The molecule has 1 saturated heterocycles. The first-order valence-corrected chi connectivity index (χ1v) is 9.32. The third-order valence-electron chi connectivity index (χ3n) is 4.60. The van der Waals surface area contributed by atoms with E-state index in [4.69, 9.17) is 16.3 Å². The Morgan fingerprint density at radius 2 is 1.89 bits per heavy atom. The summed E-state index contributed by atoms with van der Waals surface area (Å²) < 4.78 is 5.41. The van der Waals surface area contributed by atoms with Gasteiger partial charge in [-0.2, -0.15) is 0 Å². The van der Waals surface area contributed by atoms with E-state index in [9.17, 15) is 4.79 Å². The van der Waals surface area contributed by atoms with E-state index in [1.165, 1.54) is 11.6 Å². The van der Waals surface area contributed by atoms with Crippen LogP contribution in [0.3, 0.4) is 0 Å². The fourth-order valence-corrected chi connectivity index (χ4v) is 3.47. The molecule has 0 bridgehead atoms. The van der Waals surface area contributed by atoms with E-state index in [0.717, 1.165) is 44.0 Å². The Hall–Kier alpha value is -2.47. The molecule has 1 aromatic heterocycles. The smallest absolute Gasteiger partial charge is 0.251 e. The number of H-pyrrole nitrogens is 1. The van der Waals surface area contributed by atoms with Gasteiger partial charge in [0.2, 0.25) is 0 Å². The van der Waals surface area contributed by atoms with Crippen LogP contribution in [0, 0.1) is 0 Å². The molecule has 0 atom stereocenters. The Balaban J connectivity index is 1.66. The minimum Gasteiger partial charge on any atom is -0.379 e. The lowest BCUT2D eigenvalue weighted by Gasteiger charge is -2.26. The van der Waals surface area contributed by atoms with Crippen LogP contribution in [0.2, 0.25) is 5.02 Å². The van der Waals surface area contributed by atoms with Gasteiger partial charge in [-0.15, -0.1) is 0 Å². The van der Waals surface area contributed by atoms with E-state index >= 15 is 0 Å². The van der Waals surface area contributed by atoms with Gasteiger partial charge in [0, 0.05) is 41.9 Å². The number of ether oxygens (including phenoxy) is 1. The lowest BCUT2D eigenvalue weighted by atomic mass is 10.1. The maximum atomic E-state index is 12.2. The van der Waals surface area contributed by atoms with E-state index in [2.05, 4.69) is 27.0 Å². The predicted octanol–water partition coefficient (Wildman–Crippen LogP) is 3.59. The lowest BCUT2D eigenvalue weighted by Crippen LogP contribution is -2.35. The second-order valence-corrected chi connectivity index (χ2v) is 6.96. The number of nitrogens with one attached hydrogen (secondary N) is 1. The third kappa shape index (κ3) is 4.27. The fourth-order valence-electron chi connectivity index (χ4n) is 3.24. The number of hydrogen-bond acceptors (Lipinski definition) is 4. The maximum absolute atomic E-state index is 12.2. The summed E-state index contributed by atoms with van der Waals surface area (Å²) in [5, 5.41) is 0.572. The van der Waals surface area contributed by atoms with Gasteiger partial charge in [-0.3, -0.25) is 9.69 Å². The highest BCUT2D eigenvalue weighted by Crippen LogP contribution is 2.26. The molecule has 4 rings (SSSR count). The summed E-state index contributed by atoms with van der Waals surface area (Å²) in [4.78, 5) is 22.1. The first-order chi connectivity index (χ1) is 13.2. The number of benzene rings is 2. The van der Waals surface area contributed by atoms with Crippen molar-refractivity contribution in [3.63, 3.8) is 0 Å². The fraction of sp³-hybridized carbons (Fsp3) is 0.238. The molecule has 6 heteroatoms. The van der Waals surface area contributed by atoms with Crippen LogP contribution in [0.15, 0.2) is 59.4 Å². The predicted molar refractivity (Wildman–Crippen MR) is 107 cm³/mol. The minimum absolute atomic E-state index is 0.200. The van der Waals surface area contributed by atoms with Gasteiger partial charge in [-0.05, 0) is 17.7 Å². The molecule has 1 aliphatic rings. The summed E-state index contributed by atoms with van der Waals surface area (Å²) in [5.74, 6) is 0.543. The average Bonchev–Trinajstić information content (AvgIpc) is 2.69. The molecule has 27 heavy (non-hydrogen) atoms. The van der Waals surface area contributed by atoms with Gasteiger partial charge in [0.25, 0.3) is 5.56 Å². The topological polar surface area (TPSA) is 58.2 Å². The van der Waals surface area contributed by atoms with Crippen LogP contribution in [0.4, 0.5) is 0 Å². The molecule has 1 aliphatic heterocycles. The van der Waals surface area contributed by atoms with Crippen molar-refractivity contribution in [3.05, 3.63) is 75.5 Å². The van der Waals surface area contributed by atoms with E-state index < -0.39 is 0 Å². The molecule has 3 aromatic rings. The molecule has 0 unspecified atom stereocenters. The van der Waals surface area contributed by atoms with Crippen LogP contribution in [0.5, 0.6) is 0 Å². The summed E-state index contributed by atoms with van der Waals surface area (Å²) >= 11 is 6.28. The van der Waals surface area contributed by atoms with Crippen LogP contribution >= 0.6 is 11.6 Å². The highest BCUT2D eigenvalue weighted by atomic mass is 35.5. The molecule has 5 nitrogen and oxygen atoms in total. The monoisotopic (exact) mass is 381 g/mol. The summed E-state index contributed by atoms with van der Waals surface area (Å²) in [7, 11) is 0. The van der Waals surface area contributed by atoms with Crippen molar-refractivity contribution in [3.8, 4) is 22.6 Å². The summed E-state index contributed by atoms with van der Waals surface area (Å²) in [6.07, 6.45) is 0. The van der Waals surface area contributed by atoms with E-state index in [1.54, 1.807) is 6.07 Å². The Kier molecular flexibility index (Phi) is 5.34. The Labute approximate surface area is 162 Å². The number of aromatic nitrogens is 2.